The molecule has 0 bridgehead atoms. The van der Waals surface area contributed by atoms with E-state index in [2.05, 4.69) is 11.4 Å². The zero-order valence-electron chi connectivity index (χ0n) is 12.8. The van der Waals surface area contributed by atoms with Crippen LogP contribution in [0, 0.1) is 5.92 Å². The molecule has 1 aromatic rings. The fourth-order valence-corrected chi connectivity index (χ4v) is 3.65. The van der Waals surface area contributed by atoms with E-state index in [9.17, 15) is 4.79 Å². The first-order valence-electron chi connectivity index (χ1n) is 8.06. The van der Waals surface area contributed by atoms with E-state index in [-0.39, 0.29) is 12.1 Å². The Balaban J connectivity index is 1.54. The Bertz CT molecular complexity index is 454. The van der Waals surface area contributed by atoms with Crippen molar-refractivity contribution < 1.29 is 14.3 Å². The lowest BCUT2D eigenvalue weighted by Crippen LogP contribution is -2.44. The minimum absolute atomic E-state index is 0.0100. The molecule has 22 heavy (non-hydrogen) atoms. The quantitative estimate of drug-likeness (QED) is 0.874. The molecule has 0 saturated carbocycles. The summed E-state index contributed by atoms with van der Waals surface area (Å²) in [5, 5.41) is 5.12. The second-order valence-corrected chi connectivity index (χ2v) is 7.04. The van der Waals surface area contributed by atoms with Crippen molar-refractivity contribution in [1.82, 2.24) is 10.2 Å². The molecule has 2 aliphatic rings. The minimum atomic E-state index is 0.0100. The van der Waals surface area contributed by atoms with Crippen LogP contribution in [-0.4, -0.2) is 49.9 Å². The first kappa shape index (κ1) is 15.8. The van der Waals surface area contributed by atoms with Gasteiger partial charge in [-0.15, -0.1) is 11.3 Å². The van der Waals surface area contributed by atoms with Gasteiger partial charge in [0.15, 0.2) is 0 Å². The third-order valence-corrected chi connectivity index (χ3v) is 5.09. The van der Waals surface area contributed by atoms with Crippen LogP contribution in [0.1, 0.15) is 24.1 Å². The van der Waals surface area contributed by atoms with Gasteiger partial charge < -0.3 is 19.7 Å². The van der Waals surface area contributed by atoms with Crippen molar-refractivity contribution in [2.45, 2.75) is 31.9 Å². The number of carbonyl (C=O) groups is 1. The highest BCUT2D eigenvalue weighted by atomic mass is 32.1. The number of carbonyl (C=O) groups excluding carboxylic acids is 1. The summed E-state index contributed by atoms with van der Waals surface area (Å²) in [6, 6.07) is 4.11. The maximum Gasteiger partial charge on any atom is 0.317 e. The topological polar surface area (TPSA) is 50.8 Å². The SMILES string of the molecule is O=C(NCC1CCOC1)N(Cc1cccs1)CC1CCCO1. The molecular weight excluding hydrogens is 300 g/mol. The summed E-state index contributed by atoms with van der Waals surface area (Å²) < 4.78 is 11.1. The highest BCUT2D eigenvalue weighted by Crippen LogP contribution is 2.17. The lowest BCUT2D eigenvalue weighted by molar-refractivity contribution is 0.0794. The lowest BCUT2D eigenvalue weighted by Gasteiger charge is -2.26. The van der Waals surface area contributed by atoms with E-state index in [0.29, 0.717) is 25.6 Å². The number of hydrogen-bond donors (Lipinski definition) is 1. The second kappa shape index (κ2) is 7.94. The summed E-state index contributed by atoms with van der Waals surface area (Å²) in [5.41, 5.74) is 0. The Morgan fingerprint density at radius 1 is 1.41 bits per heavy atom. The van der Waals surface area contributed by atoms with Gasteiger partial charge in [-0.3, -0.25) is 0 Å². The lowest BCUT2D eigenvalue weighted by atomic mass is 10.1. The molecule has 6 heteroatoms. The van der Waals surface area contributed by atoms with Crippen molar-refractivity contribution in [1.29, 1.82) is 0 Å². The Hall–Kier alpha value is -1.11. The van der Waals surface area contributed by atoms with Gasteiger partial charge in [-0.1, -0.05) is 6.07 Å². The van der Waals surface area contributed by atoms with Crippen LogP contribution < -0.4 is 5.32 Å². The molecule has 0 radical (unpaired) electrons. The molecule has 5 nitrogen and oxygen atoms in total. The molecule has 0 spiro atoms. The van der Waals surface area contributed by atoms with E-state index in [4.69, 9.17) is 9.47 Å². The smallest absolute Gasteiger partial charge is 0.317 e. The molecule has 0 aliphatic carbocycles. The number of thiophene rings is 1. The summed E-state index contributed by atoms with van der Waals surface area (Å²) in [4.78, 5) is 15.6. The molecule has 1 N–H and O–H groups in total. The van der Waals surface area contributed by atoms with E-state index in [0.717, 1.165) is 39.1 Å². The molecule has 0 aromatic carbocycles. The second-order valence-electron chi connectivity index (χ2n) is 6.01. The molecular formula is C16H24N2O3S. The Morgan fingerprint density at radius 3 is 3.05 bits per heavy atom. The van der Waals surface area contributed by atoms with E-state index < -0.39 is 0 Å². The molecule has 2 fully saturated rings. The van der Waals surface area contributed by atoms with Gasteiger partial charge >= 0.3 is 6.03 Å². The van der Waals surface area contributed by atoms with Crippen LogP contribution in [-0.2, 0) is 16.0 Å². The van der Waals surface area contributed by atoms with Crippen LogP contribution in [0.2, 0.25) is 0 Å². The van der Waals surface area contributed by atoms with Crippen LogP contribution in [0.25, 0.3) is 0 Å². The van der Waals surface area contributed by atoms with Crippen LogP contribution in [0.4, 0.5) is 4.79 Å². The number of amides is 2. The number of nitrogens with one attached hydrogen (secondary N) is 1. The van der Waals surface area contributed by atoms with Crippen molar-refractivity contribution in [3.63, 3.8) is 0 Å². The van der Waals surface area contributed by atoms with Gasteiger partial charge in [0.25, 0.3) is 0 Å². The van der Waals surface area contributed by atoms with E-state index in [1.807, 2.05) is 16.3 Å². The highest BCUT2D eigenvalue weighted by Gasteiger charge is 2.24. The van der Waals surface area contributed by atoms with Gasteiger partial charge in [0.2, 0.25) is 0 Å². The molecule has 2 amide bonds. The summed E-state index contributed by atoms with van der Waals surface area (Å²) in [5.74, 6) is 0.454. The summed E-state index contributed by atoms with van der Waals surface area (Å²) in [6.45, 7) is 4.42. The van der Waals surface area contributed by atoms with Gasteiger partial charge in [-0.05, 0) is 30.7 Å². The first-order valence-corrected chi connectivity index (χ1v) is 8.94. The standard InChI is InChI=1S/C16H24N2O3S/c19-16(17-9-13-5-7-20-12-13)18(10-14-3-1-6-21-14)11-15-4-2-8-22-15/h2,4,8,13-14H,1,3,5-7,9-12H2,(H,17,19). The third kappa shape index (κ3) is 4.44. The van der Waals surface area contributed by atoms with Crippen LogP contribution >= 0.6 is 11.3 Å². The number of ether oxygens (including phenoxy) is 2. The summed E-state index contributed by atoms with van der Waals surface area (Å²) >= 11 is 1.69. The predicted molar refractivity (Wildman–Crippen MR) is 86.0 cm³/mol. The molecule has 2 unspecified atom stereocenters. The van der Waals surface area contributed by atoms with Crippen molar-refractivity contribution in [2.24, 2.45) is 5.92 Å². The van der Waals surface area contributed by atoms with Crippen LogP contribution in [0.5, 0.6) is 0 Å². The van der Waals surface area contributed by atoms with Gasteiger partial charge in [-0.2, -0.15) is 0 Å². The molecule has 1 aromatic heterocycles. The van der Waals surface area contributed by atoms with E-state index in [1.165, 1.54) is 4.88 Å². The summed E-state index contributed by atoms with van der Waals surface area (Å²) in [6.07, 6.45) is 3.36. The Kier molecular flexibility index (Phi) is 5.70. The Morgan fingerprint density at radius 2 is 2.36 bits per heavy atom. The third-order valence-electron chi connectivity index (χ3n) is 4.23. The average molecular weight is 324 g/mol. The van der Waals surface area contributed by atoms with Gasteiger partial charge in [-0.25, -0.2) is 4.79 Å². The molecule has 122 valence electrons. The van der Waals surface area contributed by atoms with E-state index >= 15 is 0 Å². The first-order chi connectivity index (χ1) is 10.8. The Labute approximate surface area is 135 Å². The van der Waals surface area contributed by atoms with Gasteiger partial charge in [0.1, 0.15) is 0 Å². The number of urea groups is 1. The van der Waals surface area contributed by atoms with Crippen molar-refractivity contribution in [3.8, 4) is 0 Å². The molecule has 2 aliphatic heterocycles. The maximum atomic E-state index is 12.5. The van der Waals surface area contributed by atoms with E-state index in [1.54, 1.807) is 11.3 Å². The van der Waals surface area contributed by atoms with Gasteiger partial charge in [0.05, 0.1) is 19.3 Å². The zero-order chi connectivity index (χ0) is 15.2. The molecule has 3 rings (SSSR count). The predicted octanol–water partition coefficient (Wildman–Crippen LogP) is 2.48. The van der Waals surface area contributed by atoms with Crippen LogP contribution in [0.15, 0.2) is 17.5 Å². The molecule has 2 atom stereocenters. The largest absolute Gasteiger partial charge is 0.381 e. The monoisotopic (exact) mass is 324 g/mol. The summed E-state index contributed by atoms with van der Waals surface area (Å²) in [7, 11) is 0. The highest BCUT2D eigenvalue weighted by molar-refractivity contribution is 7.09. The minimum Gasteiger partial charge on any atom is -0.381 e. The fourth-order valence-electron chi connectivity index (χ4n) is 2.93. The number of hydrogen-bond acceptors (Lipinski definition) is 4. The van der Waals surface area contributed by atoms with Gasteiger partial charge in [0, 0.05) is 37.1 Å². The van der Waals surface area contributed by atoms with Crippen molar-refractivity contribution in [3.05, 3.63) is 22.4 Å². The molecule has 2 saturated heterocycles. The zero-order valence-corrected chi connectivity index (χ0v) is 13.6. The molecule has 3 heterocycles. The van der Waals surface area contributed by atoms with Crippen molar-refractivity contribution in [2.75, 3.05) is 32.9 Å². The maximum absolute atomic E-state index is 12.5. The fraction of sp³-hybridized carbons (Fsp3) is 0.688. The normalized spacial score (nSPS) is 24.5. The number of nitrogens with zero attached hydrogens (tertiary/aromatic N) is 1. The van der Waals surface area contributed by atoms with Crippen molar-refractivity contribution >= 4 is 17.4 Å². The van der Waals surface area contributed by atoms with Crippen LogP contribution in [0.3, 0.4) is 0 Å². The number of rotatable bonds is 6. The average Bonchev–Trinajstić information content (AvgIpc) is 3.27.